The van der Waals surface area contributed by atoms with Crippen molar-refractivity contribution < 1.29 is 33.4 Å². The number of morpholine rings is 1. The van der Waals surface area contributed by atoms with E-state index in [9.17, 15) is 24.0 Å². The molecule has 12 nitrogen and oxygen atoms in total. The van der Waals surface area contributed by atoms with Crippen molar-refractivity contribution in [3.05, 3.63) is 63.7 Å². The Morgan fingerprint density at radius 3 is 2.28 bits per heavy atom. The molecule has 2 aliphatic heterocycles. The normalized spacial score (nSPS) is 23.0. The van der Waals surface area contributed by atoms with Gasteiger partial charge in [0, 0.05) is 56.2 Å². The van der Waals surface area contributed by atoms with Crippen LogP contribution in [0.25, 0.3) is 0 Å². The van der Waals surface area contributed by atoms with E-state index in [2.05, 4.69) is 35.0 Å². The number of hydrogen-bond donors (Lipinski definition) is 3. The van der Waals surface area contributed by atoms with Gasteiger partial charge in [0.25, 0.3) is 0 Å². The Kier molecular flexibility index (Phi) is 12.8. The van der Waals surface area contributed by atoms with Gasteiger partial charge in [-0.25, -0.2) is 4.79 Å². The second kappa shape index (κ2) is 16.9. The monoisotopic (exact) mass is 751 g/mol. The number of halogens is 1. The van der Waals surface area contributed by atoms with Gasteiger partial charge in [-0.1, -0.05) is 36.7 Å². The summed E-state index contributed by atoms with van der Waals surface area (Å²) in [5.74, 6) is -0.366. The lowest BCUT2D eigenvalue weighted by atomic mass is 9.90. The van der Waals surface area contributed by atoms with Crippen LogP contribution < -0.4 is 16.0 Å². The van der Waals surface area contributed by atoms with Gasteiger partial charge in [-0.3, -0.25) is 19.2 Å². The van der Waals surface area contributed by atoms with Crippen LogP contribution in [0.5, 0.6) is 0 Å². The van der Waals surface area contributed by atoms with Crippen molar-refractivity contribution in [1.29, 1.82) is 0 Å². The number of amides is 5. The van der Waals surface area contributed by atoms with Gasteiger partial charge in [-0.15, -0.1) is 0 Å². The number of rotatable bonds is 11. The van der Waals surface area contributed by atoms with Crippen LogP contribution in [-0.4, -0.2) is 89.0 Å². The molecule has 0 spiro atoms. The molecule has 1 saturated heterocycles. The molecule has 1 saturated carbocycles. The van der Waals surface area contributed by atoms with E-state index < -0.39 is 35.6 Å². The largest absolute Gasteiger partial charge is 0.444 e. The molecule has 2 fully saturated rings. The molecule has 288 valence electrons. The number of carbonyl (C=O) groups is 5. The lowest BCUT2D eigenvalue weighted by Gasteiger charge is -2.37. The van der Waals surface area contributed by atoms with E-state index in [1.807, 2.05) is 26.8 Å². The molecule has 5 rings (SSSR count). The summed E-state index contributed by atoms with van der Waals surface area (Å²) >= 11 is 6.20. The van der Waals surface area contributed by atoms with Crippen molar-refractivity contribution in [2.45, 2.75) is 123 Å². The zero-order chi connectivity index (χ0) is 38.6. The summed E-state index contributed by atoms with van der Waals surface area (Å²) in [5.41, 5.74) is 3.71. The quantitative estimate of drug-likeness (QED) is 0.276. The fourth-order valence-electron chi connectivity index (χ4n) is 7.13. The van der Waals surface area contributed by atoms with Gasteiger partial charge in [-0.2, -0.15) is 0 Å². The van der Waals surface area contributed by atoms with Gasteiger partial charge in [0.15, 0.2) is 0 Å². The van der Waals surface area contributed by atoms with Gasteiger partial charge in [-0.05, 0) is 107 Å². The Bertz CT molecular complexity index is 1700. The van der Waals surface area contributed by atoms with Crippen LogP contribution in [0.15, 0.2) is 36.4 Å². The number of nitrogens with one attached hydrogen (secondary N) is 3. The summed E-state index contributed by atoms with van der Waals surface area (Å²) in [6.45, 7) is 14.3. The van der Waals surface area contributed by atoms with Crippen LogP contribution in [0, 0.1) is 12.8 Å². The maximum absolute atomic E-state index is 14.3. The molecule has 3 N–H and O–H groups in total. The predicted octanol–water partition coefficient (Wildman–Crippen LogP) is 5.48. The highest BCUT2D eigenvalue weighted by molar-refractivity contribution is 6.31. The van der Waals surface area contributed by atoms with Crippen LogP contribution >= 0.6 is 11.6 Å². The zero-order valence-corrected chi connectivity index (χ0v) is 32.7. The third-order valence-electron chi connectivity index (χ3n) is 10.0. The van der Waals surface area contributed by atoms with Crippen LogP contribution in [-0.2, 0) is 41.6 Å². The molecule has 2 aromatic carbocycles. The second-order valence-corrected chi connectivity index (χ2v) is 16.3. The Balaban J connectivity index is 1.35. The Hall–Kier alpha value is -4.16. The SMILES string of the molecule is Cc1cc(NC(=O)[C@H](CCNC(=O)OC(C)(C)C)NC(=O)[C@@H]2Cc3cc([C@H]4CC4C)ccc3CN2C(=O)CCC(=O)N2C[C@@H](C)O[C@@H](C)C2)ccc1Cl. The maximum atomic E-state index is 14.3. The fourth-order valence-corrected chi connectivity index (χ4v) is 7.25. The number of nitrogens with zero attached hydrogens (tertiary/aromatic N) is 2. The predicted molar refractivity (Wildman–Crippen MR) is 202 cm³/mol. The van der Waals surface area contributed by atoms with E-state index in [1.54, 1.807) is 43.9 Å². The fraction of sp³-hybridized carbons (Fsp3) is 0.575. The summed E-state index contributed by atoms with van der Waals surface area (Å²) in [6, 6.07) is 9.37. The molecule has 13 heteroatoms. The topological polar surface area (TPSA) is 146 Å². The third-order valence-corrected chi connectivity index (χ3v) is 10.4. The molecule has 0 bridgehead atoms. The van der Waals surface area contributed by atoms with Gasteiger partial charge in [0.2, 0.25) is 23.6 Å². The summed E-state index contributed by atoms with van der Waals surface area (Å²) in [6.07, 6.45) is 0.538. The highest BCUT2D eigenvalue weighted by Gasteiger charge is 2.39. The van der Waals surface area contributed by atoms with Crippen molar-refractivity contribution in [3.8, 4) is 0 Å². The Morgan fingerprint density at radius 1 is 0.962 bits per heavy atom. The molecule has 2 aromatic rings. The molecule has 0 aromatic heterocycles. The van der Waals surface area contributed by atoms with Crippen molar-refractivity contribution in [2.75, 3.05) is 25.0 Å². The number of hydrogen-bond acceptors (Lipinski definition) is 7. The lowest BCUT2D eigenvalue weighted by molar-refractivity contribution is -0.147. The number of alkyl carbamates (subject to hydrolysis) is 1. The minimum absolute atomic E-state index is 0.0103. The van der Waals surface area contributed by atoms with Gasteiger partial charge in [0.1, 0.15) is 17.7 Å². The first kappa shape index (κ1) is 40.0. The Labute approximate surface area is 317 Å². The number of benzene rings is 2. The summed E-state index contributed by atoms with van der Waals surface area (Å²) < 4.78 is 11.1. The molecule has 1 unspecified atom stereocenters. The second-order valence-electron chi connectivity index (χ2n) is 15.9. The minimum atomic E-state index is -1.07. The van der Waals surface area contributed by atoms with Gasteiger partial charge < -0.3 is 35.2 Å². The van der Waals surface area contributed by atoms with E-state index in [0.29, 0.717) is 35.6 Å². The molecule has 53 heavy (non-hydrogen) atoms. The van der Waals surface area contributed by atoms with Crippen LogP contribution in [0.2, 0.25) is 5.02 Å². The minimum Gasteiger partial charge on any atom is -0.444 e. The van der Waals surface area contributed by atoms with Crippen molar-refractivity contribution in [3.63, 3.8) is 0 Å². The number of anilines is 1. The first-order chi connectivity index (χ1) is 25.0. The highest BCUT2D eigenvalue weighted by Crippen LogP contribution is 2.47. The van der Waals surface area contributed by atoms with Crippen molar-refractivity contribution >= 4 is 47.0 Å². The number of carbonyl (C=O) groups excluding carboxylic acids is 5. The molecular formula is C40H54ClN5O7. The lowest BCUT2D eigenvalue weighted by Crippen LogP contribution is -2.56. The summed E-state index contributed by atoms with van der Waals surface area (Å²) in [4.78, 5) is 70.9. The van der Waals surface area contributed by atoms with Crippen LogP contribution in [0.3, 0.4) is 0 Å². The van der Waals surface area contributed by atoms with Crippen molar-refractivity contribution in [1.82, 2.24) is 20.4 Å². The molecule has 5 amide bonds. The van der Waals surface area contributed by atoms with E-state index in [-0.39, 0.29) is 62.8 Å². The smallest absolute Gasteiger partial charge is 0.407 e. The molecule has 6 atom stereocenters. The molecule has 0 radical (unpaired) electrons. The van der Waals surface area contributed by atoms with Crippen LogP contribution in [0.4, 0.5) is 10.5 Å². The highest BCUT2D eigenvalue weighted by atomic mass is 35.5. The maximum Gasteiger partial charge on any atom is 0.407 e. The number of ether oxygens (including phenoxy) is 2. The third kappa shape index (κ3) is 10.9. The molecule has 1 aliphatic carbocycles. The van der Waals surface area contributed by atoms with Crippen LogP contribution in [0.1, 0.15) is 95.4 Å². The van der Waals surface area contributed by atoms with Gasteiger partial charge in [0.05, 0.1) is 12.2 Å². The van der Waals surface area contributed by atoms with E-state index in [0.717, 1.165) is 23.1 Å². The first-order valence-corrected chi connectivity index (χ1v) is 19.0. The Morgan fingerprint density at radius 2 is 1.64 bits per heavy atom. The molecular weight excluding hydrogens is 698 g/mol. The zero-order valence-electron chi connectivity index (χ0n) is 31.9. The van der Waals surface area contributed by atoms with Gasteiger partial charge >= 0.3 is 6.09 Å². The number of fused-ring (bicyclic) bond motifs is 1. The number of aryl methyl sites for hydroxylation is 1. The molecule has 2 heterocycles. The van der Waals surface area contributed by atoms with E-state index in [4.69, 9.17) is 21.1 Å². The average Bonchev–Trinajstić information content (AvgIpc) is 3.82. The summed E-state index contributed by atoms with van der Waals surface area (Å²) in [5, 5.41) is 8.97. The average molecular weight is 752 g/mol. The first-order valence-electron chi connectivity index (χ1n) is 18.7. The van der Waals surface area contributed by atoms with Crippen molar-refractivity contribution in [2.24, 2.45) is 5.92 Å². The van der Waals surface area contributed by atoms with E-state index in [1.165, 1.54) is 10.5 Å². The standard InChI is InChI=1S/C40H54ClN5O7/c1-23-17-31(23)27-8-9-28-22-46(36(48)13-12-35(47)45-20-25(3)52-26(4)21-45)34(19-29(28)18-27)38(50)44-33(14-15-42-39(51)53-40(5,6)7)37(49)43-30-10-11-32(41)24(2)16-30/h8-11,16,18,23,25-26,31,33-34H,12-15,17,19-22H2,1-7H3,(H,42,51)(H,43,49)(H,44,50)/t23?,25-,26+,31-,33-,34-/m0/s1. The van der Waals surface area contributed by atoms with E-state index >= 15 is 0 Å². The molecule has 3 aliphatic rings. The summed E-state index contributed by atoms with van der Waals surface area (Å²) in [7, 11) is 0.